The number of carbonyl (C=O) groups excluding carboxylic acids is 2. The minimum atomic E-state index is -0.336. The van der Waals surface area contributed by atoms with E-state index < -0.39 is 0 Å². The van der Waals surface area contributed by atoms with Gasteiger partial charge in [0.15, 0.2) is 0 Å². The number of fused-ring (bicyclic) bond motifs is 5. The van der Waals surface area contributed by atoms with Crippen LogP contribution in [0, 0.1) is 46.3 Å². The van der Waals surface area contributed by atoms with Gasteiger partial charge in [0.1, 0.15) is 6.10 Å². The maximum Gasteiger partial charge on any atom is 0.306 e. The number of ether oxygens (including phenoxy) is 4. The van der Waals surface area contributed by atoms with Crippen molar-refractivity contribution in [1.82, 2.24) is 4.90 Å². The van der Waals surface area contributed by atoms with Crippen LogP contribution in [-0.4, -0.2) is 74.6 Å². The number of hydrogen-bond acceptors (Lipinski definition) is 7. The Labute approximate surface area is 412 Å². The van der Waals surface area contributed by atoms with Gasteiger partial charge in [-0.3, -0.25) is 14.5 Å². The Hall–Kier alpha value is -1.96. The molecule has 1 saturated heterocycles. The Morgan fingerprint density at radius 1 is 0.776 bits per heavy atom. The van der Waals surface area contributed by atoms with Crippen molar-refractivity contribution < 1.29 is 28.5 Å². The van der Waals surface area contributed by atoms with Crippen LogP contribution in [0.3, 0.4) is 0 Å². The molecule has 1 aliphatic heterocycles. The summed E-state index contributed by atoms with van der Waals surface area (Å²) in [6.07, 6.45) is 43.8. The Morgan fingerprint density at radius 2 is 1.52 bits per heavy atom. The zero-order chi connectivity index (χ0) is 47.9. The standard InChI is InChI=1S/C60H103NO6/c1-8-9-10-11-12-13-14-15-16-17-18-19-20-21-22-23-41-64-46-52(45-61-40-25-29-49(61)5)65-42-26-43-66-57(62)34-35-58(63)67-51-36-38-59(6)50(44-51)30-31-53-55-33-32-54(48(4)28-24-27-47(2)3)60(55,7)39-37-56(53)59/h12-13,15-16,30,47-49,51-56H,8-11,14,17-29,31-46H2,1-7H3/b13-12-,16-15-/t48?,49-,51+,52-,53?,54-,55?,56?,59+,60-/m1/s1. The highest BCUT2D eigenvalue weighted by Crippen LogP contribution is 2.67. The van der Waals surface area contributed by atoms with Crippen molar-refractivity contribution in [2.24, 2.45) is 46.3 Å². The summed E-state index contributed by atoms with van der Waals surface area (Å²) in [7, 11) is 0. The van der Waals surface area contributed by atoms with Gasteiger partial charge in [-0.1, -0.05) is 135 Å². The Bertz CT molecular complexity index is 1500. The average Bonchev–Trinajstić information content (AvgIpc) is 3.88. The summed E-state index contributed by atoms with van der Waals surface area (Å²) in [4.78, 5) is 28.2. The summed E-state index contributed by atoms with van der Waals surface area (Å²) in [6, 6.07) is 0.577. The number of allylic oxidation sites excluding steroid dienone is 5. The fourth-order valence-electron chi connectivity index (χ4n) is 13.9. The smallest absolute Gasteiger partial charge is 0.306 e. The fraction of sp³-hybridized carbons (Fsp3) is 0.867. The number of unbranched alkanes of at least 4 members (excludes halogenated alkanes) is 9. The predicted octanol–water partition coefficient (Wildman–Crippen LogP) is 15.4. The molecule has 67 heavy (non-hydrogen) atoms. The first-order valence-corrected chi connectivity index (χ1v) is 28.7. The lowest BCUT2D eigenvalue weighted by molar-refractivity contribution is -0.155. The first kappa shape index (κ1) is 56.0. The van der Waals surface area contributed by atoms with Gasteiger partial charge in [-0.05, 0) is 156 Å². The Morgan fingerprint density at radius 3 is 2.27 bits per heavy atom. The maximum atomic E-state index is 13.0. The molecular weight excluding hydrogens is 831 g/mol. The van der Waals surface area contributed by atoms with Crippen LogP contribution in [0.2, 0.25) is 0 Å². The Kier molecular flexibility index (Phi) is 25.1. The minimum absolute atomic E-state index is 0.00987. The highest BCUT2D eigenvalue weighted by molar-refractivity contribution is 5.77. The van der Waals surface area contributed by atoms with Crippen LogP contribution in [0.4, 0.5) is 0 Å². The number of likely N-dealkylation sites (tertiary alicyclic amines) is 1. The molecule has 7 heteroatoms. The number of rotatable bonds is 33. The van der Waals surface area contributed by atoms with Crippen molar-refractivity contribution in [2.75, 3.05) is 39.5 Å². The van der Waals surface area contributed by atoms with Gasteiger partial charge in [-0.15, -0.1) is 0 Å². The van der Waals surface area contributed by atoms with Crippen LogP contribution in [0.1, 0.15) is 228 Å². The molecule has 4 fully saturated rings. The van der Waals surface area contributed by atoms with Crippen molar-refractivity contribution in [3.8, 4) is 0 Å². The monoisotopic (exact) mass is 934 g/mol. The SMILES string of the molecule is CCCCC/C=C\C/C=C\CCCCCCCCOC[C@@H](CN1CCC[C@H]1C)OCCCOC(=O)CCC(=O)O[C@H]1CC[C@@]2(C)C(=CCC3C2CC[C@@]2(C)C3CC[C@@H]2C(C)CCCC(C)C)C1. The van der Waals surface area contributed by atoms with E-state index in [0.717, 1.165) is 87.3 Å². The van der Waals surface area contributed by atoms with E-state index in [1.165, 1.54) is 134 Å². The summed E-state index contributed by atoms with van der Waals surface area (Å²) >= 11 is 0. The first-order valence-electron chi connectivity index (χ1n) is 28.7. The molecule has 0 aromatic heterocycles. The molecule has 0 bridgehead atoms. The molecule has 7 nitrogen and oxygen atoms in total. The number of hydrogen-bond donors (Lipinski definition) is 0. The van der Waals surface area contributed by atoms with E-state index in [4.69, 9.17) is 18.9 Å². The first-order chi connectivity index (χ1) is 32.4. The van der Waals surface area contributed by atoms with Crippen LogP contribution in [0.25, 0.3) is 0 Å². The van der Waals surface area contributed by atoms with Gasteiger partial charge >= 0.3 is 11.9 Å². The van der Waals surface area contributed by atoms with E-state index in [9.17, 15) is 9.59 Å². The van der Waals surface area contributed by atoms with E-state index in [-0.39, 0.29) is 42.4 Å². The molecule has 384 valence electrons. The zero-order valence-electron chi connectivity index (χ0n) is 44.5. The second kappa shape index (κ2) is 30.0. The van der Waals surface area contributed by atoms with Crippen molar-refractivity contribution in [1.29, 1.82) is 0 Å². The van der Waals surface area contributed by atoms with Gasteiger partial charge in [-0.2, -0.15) is 0 Å². The molecule has 0 aromatic carbocycles. The van der Waals surface area contributed by atoms with Crippen LogP contribution in [-0.2, 0) is 28.5 Å². The highest BCUT2D eigenvalue weighted by atomic mass is 16.6. The molecule has 4 unspecified atom stereocenters. The van der Waals surface area contributed by atoms with Crippen molar-refractivity contribution in [2.45, 2.75) is 246 Å². The van der Waals surface area contributed by atoms with Gasteiger partial charge in [0.2, 0.25) is 0 Å². The predicted molar refractivity (Wildman–Crippen MR) is 278 cm³/mol. The van der Waals surface area contributed by atoms with Gasteiger partial charge in [0.25, 0.3) is 0 Å². The summed E-state index contributed by atoms with van der Waals surface area (Å²) in [6.45, 7) is 21.3. The van der Waals surface area contributed by atoms with E-state index in [2.05, 4.69) is 83.7 Å². The van der Waals surface area contributed by atoms with E-state index >= 15 is 0 Å². The van der Waals surface area contributed by atoms with Gasteiger partial charge < -0.3 is 18.9 Å². The molecule has 4 aliphatic carbocycles. The molecule has 5 aliphatic rings. The normalized spacial score (nSPS) is 29.5. The Balaban J connectivity index is 0.911. The molecular formula is C60H103NO6. The number of nitrogens with zero attached hydrogens (tertiary/aromatic N) is 1. The zero-order valence-corrected chi connectivity index (χ0v) is 44.5. The molecule has 1 heterocycles. The minimum Gasteiger partial charge on any atom is -0.466 e. The second-order valence-corrected chi connectivity index (χ2v) is 23.4. The largest absolute Gasteiger partial charge is 0.466 e. The lowest BCUT2D eigenvalue weighted by atomic mass is 9.47. The molecule has 3 saturated carbocycles. The van der Waals surface area contributed by atoms with E-state index in [0.29, 0.717) is 37.7 Å². The van der Waals surface area contributed by atoms with Crippen LogP contribution in [0.15, 0.2) is 36.0 Å². The summed E-state index contributed by atoms with van der Waals surface area (Å²) in [5.74, 6) is 4.31. The molecule has 0 radical (unpaired) electrons. The van der Waals surface area contributed by atoms with Gasteiger partial charge in [0, 0.05) is 32.0 Å². The third-order valence-electron chi connectivity index (χ3n) is 17.9. The van der Waals surface area contributed by atoms with Crippen molar-refractivity contribution >= 4 is 11.9 Å². The van der Waals surface area contributed by atoms with Gasteiger partial charge in [-0.25, -0.2) is 0 Å². The number of esters is 2. The molecule has 10 atom stereocenters. The van der Waals surface area contributed by atoms with Crippen LogP contribution in [0.5, 0.6) is 0 Å². The van der Waals surface area contributed by atoms with Crippen LogP contribution >= 0.6 is 0 Å². The summed E-state index contributed by atoms with van der Waals surface area (Å²) in [5.41, 5.74) is 2.26. The summed E-state index contributed by atoms with van der Waals surface area (Å²) in [5, 5.41) is 0. The fourth-order valence-corrected chi connectivity index (χ4v) is 13.9. The molecule has 0 aromatic rings. The summed E-state index contributed by atoms with van der Waals surface area (Å²) < 4.78 is 24.1. The van der Waals surface area contributed by atoms with Crippen molar-refractivity contribution in [3.63, 3.8) is 0 Å². The van der Waals surface area contributed by atoms with Crippen LogP contribution < -0.4 is 0 Å². The molecule has 0 N–H and O–H groups in total. The molecule has 0 amide bonds. The second-order valence-electron chi connectivity index (χ2n) is 23.4. The lowest BCUT2D eigenvalue weighted by Crippen LogP contribution is -2.51. The third-order valence-corrected chi connectivity index (χ3v) is 17.9. The van der Waals surface area contributed by atoms with E-state index in [1.807, 2.05) is 0 Å². The van der Waals surface area contributed by atoms with E-state index in [1.54, 1.807) is 0 Å². The van der Waals surface area contributed by atoms with Gasteiger partial charge in [0.05, 0.1) is 38.8 Å². The van der Waals surface area contributed by atoms with Crippen molar-refractivity contribution in [3.05, 3.63) is 36.0 Å². The highest BCUT2D eigenvalue weighted by Gasteiger charge is 2.59. The topological polar surface area (TPSA) is 74.3 Å². The number of carbonyl (C=O) groups is 2. The lowest BCUT2D eigenvalue weighted by Gasteiger charge is -2.58. The average molecular weight is 934 g/mol. The molecule has 5 rings (SSSR count). The third kappa shape index (κ3) is 18.0. The molecule has 0 spiro atoms. The quantitative estimate of drug-likeness (QED) is 0.0369. The maximum absolute atomic E-state index is 13.0.